The number of fused-ring (bicyclic) bond motifs is 1. The van der Waals surface area contributed by atoms with Crippen molar-refractivity contribution in [3.05, 3.63) is 47.0 Å². The second kappa shape index (κ2) is 7.08. The van der Waals surface area contributed by atoms with Crippen LogP contribution in [0.25, 0.3) is 11.3 Å². The second-order valence-corrected chi connectivity index (χ2v) is 7.58. The number of nitrogens with one attached hydrogen (secondary N) is 2. The summed E-state index contributed by atoms with van der Waals surface area (Å²) in [5.74, 6) is 0.288. The summed E-state index contributed by atoms with van der Waals surface area (Å²) in [5, 5.41) is 26.2. The van der Waals surface area contributed by atoms with Crippen LogP contribution < -0.4 is 5.49 Å². The van der Waals surface area contributed by atoms with Gasteiger partial charge in [0.2, 0.25) is 0 Å². The summed E-state index contributed by atoms with van der Waals surface area (Å²) in [4.78, 5) is 8.92. The molecular weight excluding hydrogens is 363 g/mol. The predicted octanol–water partition coefficient (Wildman–Crippen LogP) is 3.33. The van der Waals surface area contributed by atoms with Crippen LogP contribution in [0.5, 0.6) is 0 Å². The number of hydrogen-bond acceptors (Lipinski definition) is 6. The molecule has 0 bridgehead atoms. The molecule has 1 atom stereocenters. The van der Waals surface area contributed by atoms with E-state index in [0.29, 0.717) is 23.0 Å². The van der Waals surface area contributed by atoms with Crippen LogP contribution in [0.2, 0.25) is 0 Å². The fourth-order valence-corrected chi connectivity index (χ4v) is 3.93. The van der Waals surface area contributed by atoms with Crippen molar-refractivity contribution in [1.82, 2.24) is 14.5 Å². The van der Waals surface area contributed by atoms with Gasteiger partial charge in [-0.25, -0.2) is 9.37 Å². The van der Waals surface area contributed by atoms with Gasteiger partial charge in [-0.2, -0.15) is 5.26 Å². The summed E-state index contributed by atoms with van der Waals surface area (Å²) in [6.45, 7) is 7.68. The van der Waals surface area contributed by atoms with Gasteiger partial charge in [-0.15, -0.1) is 6.58 Å². The molecule has 3 heterocycles. The van der Waals surface area contributed by atoms with Gasteiger partial charge in [-0.1, -0.05) is 17.8 Å². The van der Waals surface area contributed by atoms with E-state index in [1.54, 1.807) is 18.4 Å². The van der Waals surface area contributed by atoms with Gasteiger partial charge < -0.3 is 9.98 Å². The Labute approximate surface area is 160 Å². The van der Waals surface area contributed by atoms with E-state index < -0.39 is 11.2 Å². The molecule has 6 nitrogen and oxygen atoms in total. The van der Waals surface area contributed by atoms with E-state index >= 15 is 0 Å². The SMILES string of the molecule is C=CC(C)(C=N)c1nc(C)c(-c2nc3n(c(=N)c2C#N)CCCS3)cc1F. The Morgan fingerprint density at radius 3 is 2.85 bits per heavy atom. The van der Waals surface area contributed by atoms with E-state index in [1.807, 2.05) is 6.07 Å². The zero-order valence-corrected chi connectivity index (χ0v) is 16.0. The maximum absolute atomic E-state index is 14.9. The van der Waals surface area contributed by atoms with Crippen molar-refractivity contribution in [2.75, 3.05) is 5.75 Å². The molecule has 1 aliphatic heterocycles. The number of halogens is 1. The lowest BCUT2D eigenvalue weighted by Gasteiger charge is -2.22. The Kier molecular flexibility index (Phi) is 4.98. The second-order valence-electron chi connectivity index (χ2n) is 6.51. The zero-order valence-electron chi connectivity index (χ0n) is 15.1. The topological polar surface area (TPSA) is 102 Å². The Morgan fingerprint density at radius 1 is 1.48 bits per heavy atom. The number of nitriles is 1. The third-order valence-electron chi connectivity index (χ3n) is 4.71. The van der Waals surface area contributed by atoms with Crippen molar-refractivity contribution in [3.63, 3.8) is 0 Å². The first-order valence-electron chi connectivity index (χ1n) is 8.41. The molecular formula is C19H19FN6S. The molecule has 1 unspecified atom stereocenters. The highest BCUT2D eigenvalue weighted by Crippen LogP contribution is 2.31. The lowest BCUT2D eigenvalue weighted by Crippen LogP contribution is -2.29. The molecule has 3 rings (SSSR count). The zero-order chi connectivity index (χ0) is 19.8. The number of nitrogens with zero attached hydrogens (tertiary/aromatic N) is 4. The first-order chi connectivity index (χ1) is 12.9. The third kappa shape index (κ3) is 3.08. The molecule has 0 radical (unpaired) electrons. The number of thioether (sulfide) groups is 1. The van der Waals surface area contributed by atoms with E-state index in [4.69, 9.17) is 10.8 Å². The lowest BCUT2D eigenvalue weighted by atomic mass is 9.86. The van der Waals surface area contributed by atoms with E-state index in [0.717, 1.165) is 18.4 Å². The molecule has 2 aromatic heterocycles. The van der Waals surface area contributed by atoms with Gasteiger partial charge in [0.1, 0.15) is 22.9 Å². The van der Waals surface area contributed by atoms with Gasteiger partial charge >= 0.3 is 0 Å². The maximum Gasteiger partial charge on any atom is 0.170 e. The molecule has 8 heteroatoms. The third-order valence-corrected chi connectivity index (χ3v) is 5.77. The van der Waals surface area contributed by atoms with Crippen LogP contribution in [0.3, 0.4) is 0 Å². The van der Waals surface area contributed by atoms with E-state index in [1.165, 1.54) is 23.9 Å². The van der Waals surface area contributed by atoms with Gasteiger partial charge in [-0.3, -0.25) is 10.4 Å². The molecule has 138 valence electrons. The standard InChI is InChI=1S/C19H19FN6S/c1-4-19(3,10-22)16-14(20)8-12(11(2)24-16)15-13(9-21)17(23)26-6-5-7-27-18(26)25-15/h4,8,10,22-23H,1,5-7H2,2-3H3. The molecule has 2 aromatic rings. The van der Waals surface area contributed by atoms with Gasteiger partial charge in [0.15, 0.2) is 5.16 Å². The van der Waals surface area contributed by atoms with Crippen molar-refractivity contribution in [2.24, 2.45) is 0 Å². The fourth-order valence-electron chi connectivity index (χ4n) is 2.98. The van der Waals surface area contributed by atoms with Crippen molar-refractivity contribution in [2.45, 2.75) is 37.4 Å². The van der Waals surface area contributed by atoms with Crippen molar-refractivity contribution in [1.29, 1.82) is 16.1 Å². The maximum atomic E-state index is 14.9. The van der Waals surface area contributed by atoms with Crippen LogP contribution in [0, 0.1) is 34.9 Å². The van der Waals surface area contributed by atoms with Gasteiger partial charge in [-0.05, 0) is 26.3 Å². The lowest BCUT2D eigenvalue weighted by molar-refractivity contribution is 0.548. The minimum absolute atomic E-state index is 0.0870. The highest BCUT2D eigenvalue weighted by Gasteiger charge is 2.28. The van der Waals surface area contributed by atoms with Gasteiger partial charge in [0.25, 0.3) is 0 Å². The Balaban J connectivity index is 2.27. The fraction of sp³-hybridized carbons (Fsp3) is 0.316. The first kappa shape index (κ1) is 19.0. The molecule has 1 aliphatic rings. The number of aryl methyl sites for hydroxylation is 1. The van der Waals surface area contributed by atoms with Crippen LogP contribution in [0.1, 0.15) is 30.3 Å². The van der Waals surface area contributed by atoms with E-state index in [2.05, 4.69) is 16.5 Å². The summed E-state index contributed by atoms with van der Waals surface area (Å²) in [7, 11) is 0. The van der Waals surface area contributed by atoms with Crippen LogP contribution in [-0.2, 0) is 12.0 Å². The number of rotatable bonds is 4. The van der Waals surface area contributed by atoms with Gasteiger partial charge in [0, 0.05) is 29.8 Å². The smallest absolute Gasteiger partial charge is 0.170 e. The summed E-state index contributed by atoms with van der Waals surface area (Å²) in [6.07, 6.45) is 3.48. The number of pyridine rings is 1. The average molecular weight is 382 g/mol. The summed E-state index contributed by atoms with van der Waals surface area (Å²) in [5.41, 5.74) is 0.401. The highest BCUT2D eigenvalue weighted by atomic mass is 32.2. The highest BCUT2D eigenvalue weighted by molar-refractivity contribution is 7.99. The molecule has 27 heavy (non-hydrogen) atoms. The minimum atomic E-state index is -1.03. The molecule has 0 aliphatic carbocycles. The molecule has 0 spiro atoms. The van der Waals surface area contributed by atoms with Crippen molar-refractivity contribution >= 4 is 18.0 Å². The van der Waals surface area contributed by atoms with Crippen LogP contribution in [-0.4, -0.2) is 26.5 Å². The normalized spacial score (nSPS) is 15.3. The van der Waals surface area contributed by atoms with Crippen LogP contribution >= 0.6 is 11.8 Å². The van der Waals surface area contributed by atoms with Crippen LogP contribution in [0.15, 0.2) is 23.9 Å². The minimum Gasteiger partial charge on any atom is -0.312 e. The molecule has 0 saturated heterocycles. The predicted molar refractivity (Wildman–Crippen MR) is 102 cm³/mol. The largest absolute Gasteiger partial charge is 0.312 e. The number of aromatic nitrogens is 3. The quantitative estimate of drug-likeness (QED) is 0.481. The molecule has 2 N–H and O–H groups in total. The van der Waals surface area contributed by atoms with E-state index in [-0.39, 0.29) is 22.4 Å². The van der Waals surface area contributed by atoms with Crippen LogP contribution in [0.4, 0.5) is 4.39 Å². The van der Waals surface area contributed by atoms with Gasteiger partial charge in [0.05, 0.1) is 16.8 Å². The average Bonchev–Trinajstić information content (AvgIpc) is 2.68. The molecule has 0 aromatic carbocycles. The Bertz CT molecular complexity index is 1040. The number of hydrogen-bond donors (Lipinski definition) is 2. The molecule has 0 amide bonds. The summed E-state index contributed by atoms with van der Waals surface area (Å²) in [6, 6.07) is 3.33. The summed E-state index contributed by atoms with van der Waals surface area (Å²) >= 11 is 1.52. The molecule has 0 fully saturated rings. The molecule has 0 saturated carbocycles. The summed E-state index contributed by atoms with van der Waals surface area (Å²) < 4.78 is 16.6. The van der Waals surface area contributed by atoms with Crippen molar-refractivity contribution in [3.8, 4) is 17.3 Å². The number of allylic oxidation sites excluding steroid dienone is 1. The van der Waals surface area contributed by atoms with E-state index in [9.17, 15) is 9.65 Å². The Hall–Kier alpha value is -2.79. The first-order valence-corrected chi connectivity index (χ1v) is 9.40. The monoisotopic (exact) mass is 382 g/mol. The Morgan fingerprint density at radius 2 is 2.22 bits per heavy atom. The van der Waals surface area contributed by atoms with Crippen molar-refractivity contribution < 1.29 is 4.39 Å².